The van der Waals surface area contributed by atoms with Crippen LogP contribution < -0.4 is 4.72 Å². The van der Waals surface area contributed by atoms with Crippen LogP contribution in [0.3, 0.4) is 0 Å². The van der Waals surface area contributed by atoms with Gasteiger partial charge in [-0.2, -0.15) is 5.10 Å². The van der Waals surface area contributed by atoms with Gasteiger partial charge in [0.1, 0.15) is 5.54 Å². The van der Waals surface area contributed by atoms with Crippen LogP contribution in [-0.4, -0.2) is 47.0 Å². The Kier molecular flexibility index (Phi) is 4.59. The number of benzene rings is 1. The first-order valence-corrected chi connectivity index (χ1v) is 10.00. The zero-order chi connectivity index (χ0) is 20.0. The number of hydrogen-bond acceptors (Lipinski definition) is 5. The maximum Gasteiger partial charge on any atom is 0.275 e. The highest BCUT2D eigenvalue weighted by Crippen LogP contribution is 2.32. The second kappa shape index (κ2) is 6.49. The molecule has 1 N–H and O–H groups in total. The largest absolute Gasteiger partial charge is 0.323 e. The molecule has 1 aromatic heterocycles. The third kappa shape index (κ3) is 3.23. The van der Waals surface area contributed by atoms with E-state index in [-0.39, 0.29) is 10.6 Å². The highest BCUT2D eigenvalue weighted by atomic mass is 32.2. The minimum Gasteiger partial charge on any atom is -0.323 e. The summed E-state index contributed by atoms with van der Waals surface area (Å²) in [7, 11) is -2.30. The Bertz CT molecular complexity index is 1010. The average molecular weight is 390 g/mol. The van der Waals surface area contributed by atoms with Crippen LogP contribution in [0.2, 0.25) is 0 Å². The van der Waals surface area contributed by atoms with Crippen molar-refractivity contribution in [2.24, 2.45) is 7.05 Å². The molecule has 0 saturated carbocycles. The molecule has 2 amide bonds. The summed E-state index contributed by atoms with van der Waals surface area (Å²) < 4.78 is 28.9. The first-order chi connectivity index (χ1) is 12.6. The summed E-state index contributed by atoms with van der Waals surface area (Å²) in [5.74, 6) is -1.12. The topological polar surface area (TPSA) is 101 Å². The number of aryl methyl sites for hydroxylation is 3. The van der Waals surface area contributed by atoms with Gasteiger partial charge in [-0.1, -0.05) is 18.2 Å². The van der Waals surface area contributed by atoms with Crippen molar-refractivity contribution in [1.82, 2.24) is 19.4 Å². The number of aromatic nitrogens is 2. The number of rotatable bonds is 4. The molecule has 1 unspecified atom stereocenters. The van der Waals surface area contributed by atoms with Crippen molar-refractivity contribution in [1.29, 1.82) is 0 Å². The molecule has 1 fully saturated rings. The van der Waals surface area contributed by atoms with Gasteiger partial charge < -0.3 is 4.90 Å². The summed E-state index contributed by atoms with van der Waals surface area (Å²) in [5, 5.41) is 4.15. The van der Waals surface area contributed by atoms with Crippen molar-refractivity contribution in [3.05, 3.63) is 47.3 Å². The fourth-order valence-electron chi connectivity index (χ4n) is 3.07. The Labute approximate surface area is 158 Å². The van der Waals surface area contributed by atoms with E-state index in [1.807, 2.05) is 6.92 Å². The molecule has 2 heterocycles. The van der Waals surface area contributed by atoms with Crippen molar-refractivity contribution in [2.45, 2.75) is 37.6 Å². The molecule has 8 nitrogen and oxygen atoms in total. The number of carbonyl (C=O) groups is 2. The molecule has 0 aliphatic carbocycles. The van der Waals surface area contributed by atoms with Gasteiger partial charge in [-0.15, -0.1) is 0 Å². The van der Waals surface area contributed by atoms with Gasteiger partial charge in [-0.3, -0.25) is 14.3 Å². The van der Waals surface area contributed by atoms with E-state index in [2.05, 4.69) is 9.82 Å². The van der Waals surface area contributed by atoms with Crippen molar-refractivity contribution in [3.63, 3.8) is 0 Å². The Balaban J connectivity index is 1.82. The molecule has 0 radical (unpaired) electrons. The summed E-state index contributed by atoms with van der Waals surface area (Å²) in [6.45, 7) is 5.40. The number of hydrogen-bond donors (Lipinski definition) is 1. The van der Waals surface area contributed by atoms with Gasteiger partial charge in [0.15, 0.2) is 5.69 Å². The second-order valence-corrected chi connectivity index (χ2v) is 8.63. The molecule has 3 rings (SSSR count). The molecular weight excluding hydrogens is 368 g/mol. The van der Waals surface area contributed by atoms with Gasteiger partial charge in [-0.05, 0) is 44.9 Å². The number of nitrogens with zero attached hydrogens (tertiary/aromatic N) is 3. The van der Waals surface area contributed by atoms with E-state index in [1.165, 1.54) is 11.0 Å². The fraction of sp³-hybridized carbons (Fsp3) is 0.389. The maximum atomic E-state index is 12.8. The van der Waals surface area contributed by atoms with Crippen LogP contribution >= 0.6 is 0 Å². The predicted molar refractivity (Wildman–Crippen MR) is 98.5 cm³/mol. The van der Waals surface area contributed by atoms with Gasteiger partial charge >= 0.3 is 0 Å². The molecule has 2 aromatic rings. The van der Waals surface area contributed by atoms with Crippen LogP contribution in [0.4, 0.5) is 0 Å². The molecule has 1 aliphatic heterocycles. The van der Waals surface area contributed by atoms with Crippen molar-refractivity contribution >= 4 is 21.8 Å². The normalized spacial score (nSPS) is 19.5. The van der Waals surface area contributed by atoms with Gasteiger partial charge in [0.25, 0.3) is 21.8 Å². The van der Waals surface area contributed by atoms with Crippen LogP contribution in [0.25, 0.3) is 0 Å². The molecule has 0 bridgehead atoms. The van der Waals surface area contributed by atoms with E-state index in [0.717, 1.165) is 5.69 Å². The summed E-state index contributed by atoms with van der Waals surface area (Å²) in [6.07, 6.45) is 0.375. The van der Waals surface area contributed by atoms with E-state index in [9.17, 15) is 18.0 Å². The number of sulfonamides is 1. The molecule has 1 atom stereocenters. The summed E-state index contributed by atoms with van der Waals surface area (Å²) >= 11 is 0. The Morgan fingerprint density at radius 2 is 1.89 bits per heavy atom. The van der Waals surface area contributed by atoms with Gasteiger partial charge in [0.05, 0.1) is 4.90 Å². The molecule has 9 heteroatoms. The predicted octanol–water partition coefficient (Wildman–Crippen LogP) is 1.15. The van der Waals surface area contributed by atoms with Crippen LogP contribution in [0, 0.1) is 13.8 Å². The van der Waals surface area contributed by atoms with Crippen LogP contribution in [-0.2, 0) is 21.9 Å². The van der Waals surface area contributed by atoms with Crippen molar-refractivity contribution < 1.29 is 18.0 Å². The minimum absolute atomic E-state index is 0.0412. The van der Waals surface area contributed by atoms with Crippen LogP contribution in [0.5, 0.6) is 0 Å². The maximum absolute atomic E-state index is 12.8. The quantitative estimate of drug-likeness (QED) is 0.844. The lowest BCUT2D eigenvalue weighted by Gasteiger charge is -2.48. The molecule has 1 saturated heterocycles. The van der Waals surface area contributed by atoms with Gasteiger partial charge in [0, 0.05) is 19.3 Å². The molecule has 27 heavy (non-hydrogen) atoms. The lowest BCUT2D eigenvalue weighted by molar-refractivity contribution is -0.135. The Morgan fingerprint density at radius 1 is 1.22 bits per heavy atom. The monoisotopic (exact) mass is 390 g/mol. The van der Waals surface area contributed by atoms with E-state index >= 15 is 0 Å². The van der Waals surface area contributed by atoms with E-state index < -0.39 is 27.4 Å². The molecule has 1 aliphatic rings. The Hall–Kier alpha value is -2.68. The number of amides is 2. The number of nitrogens with one attached hydrogen (secondary N) is 1. The van der Waals surface area contributed by atoms with Gasteiger partial charge in [0.2, 0.25) is 0 Å². The first kappa shape index (κ1) is 19.1. The standard InChI is InChI=1S/C18H22N4O4S/c1-12-7-5-6-8-15(12)27(25,26)20-17(24)18(3)9-10-22(18)16(23)14-11-13(2)21(4)19-14/h5-8,11H,9-10H2,1-4H3,(H,20,24). The molecule has 144 valence electrons. The summed E-state index contributed by atoms with van der Waals surface area (Å²) in [5.41, 5.74) is 0.342. The van der Waals surface area contributed by atoms with Gasteiger partial charge in [-0.25, -0.2) is 13.1 Å². The highest BCUT2D eigenvalue weighted by Gasteiger charge is 2.51. The third-order valence-corrected chi connectivity index (χ3v) is 6.59. The number of carbonyl (C=O) groups excluding carboxylic acids is 2. The first-order valence-electron chi connectivity index (χ1n) is 8.52. The van der Waals surface area contributed by atoms with E-state index in [1.54, 1.807) is 49.8 Å². The van der Waals surface area contributed by atoms with Crippen molar-refractivity contribution in [3.8, 4) is 0 Å². The molecule has 1 aromatic carbocycles. The highest BCUT2D eigenvalue weighted by molar-refractivity contribution is 7.90. The lowest BCUT2D eigenvalue weighted by Crippen LogP contribution is -2.67. The van der Waals surface area contributed by atoms with Crippen LogP contribution in [0.1, 0.15) is 35.1 Å². The summed E-state index contributed by atoms with van der Waals surface area (Å²) in [4.78, 5) is 26.9. The zero-order valence-electron chi connectivity index (χ0n) is 15.7. The molecular formula is C18H22N4O4S. The second-order valence-electron chi connectivity index (χ2n) is 6.98. The van der Waals surface area contributed by atoms with E-state index in [0.29, 0.717) is 18.5 Å². The summed E-state index contributed by atoms with van der Waals surface area (Å²) in [6, 6.07) is 8.05. The zero-order valence-corrected chi connectivity index (χ0v) is 16.5. The van der Waals surface area contributed by atoms with E-state index in [4.69, 9.17) is 0 Å². The van der Waals surface area contributed by atoms with Crippen molar-refractivity contribution in [2.75, 3.05) is 6.54 Å². The minimum atomic E-state index is -4.02. The Morgan fingerprint density at radius 3 is 2.41 bits per heavy atom. The molecule has 0 spiro atoms. The lowest BCUT2D eigenvalue weighted by atomic mass is 9.85. The third-order valence-electron chi connectivity index (χ3n) is 5.10. The SMILES string of the molecule is Cc1ccccc1S(=O)(=O)NC(=O)C1(C)CCN1C(=O)c1cc(C)n(C)n1. The smallest absolute Gasteiger partial charge is 0.275 e. The number of likely N-dealkylation sites (tertiary alicyclic amines) is 1. The van der Waals surface area contributed by atoms with Crippen LogP contribution in [0.15, 0.2) is 35.2 Å². The fourth-order valence-corrected chi connectivity index (χ4v) is 4.39. The average Bonchev–Trinajstić information content (AvgIpc) is 2.92.